The summed E-state index contributed by atoms with van der Waals surface area (Å²) >= 11 is 8.53. The van der Waals surface area contributed by atoms with Crippen molar-refractivity contribution in [3.63, 3.8) is 0 Å². The van der Waals surface area contributed by atoms with Gasteiger partial charge in [-0.05, 0) is 37.6 Å². The topological polar surface area (TPSA) is 96.3 Å². The van der Waals surface area contributed by atoms with Gasteiger partial charge in [0.05, 0.1) is 47.2 Å². The molecule has 0 radical (unpaired) electrons. The molecule has 180 valence electrons. The summed E-state index contributed by atoms with van der Waals surface area (Å²) in [6, 6.07) is 8.56. The van der Waals surface area contributed by atoms with E-state index in [2.05, 4.69) is 72.3 Å². The number of pyridine rings is 2. The quantitative estimate of drug-likeness (QED) is 0.441. The normalized spacial score (nSPS) is 16.5. The molecule has 2 saturated heterocycles. The van der Waals surface area contributed by atoms with E-state index < -0.39 is 0 Å². The molecule has 4 aromatic rings. The van der Waals surface area contributed by atoms with Gasteiger partial charge in [0.25, 0.3) is 0 Å². The number of nitrogens with zero attached hydrogens (tertiary/aromatic N) is 7. The number of aromatic nitrogens is 5. The van der Waals surface area contributed by atoms with E-state index in [1.165, 1.54) is 12.8 Å². The van der Waals surface area contributed by atoms with Gasteiger partial charge in [-0.3, -0.25) is 4.68 Å². The summed E-state index contributed by atoms with van der Waals surface area (Å²) in [4.78, 5) is 7.14. The van der Waals surface area contributed by atoms with Crippen molar-refractivity contribution in [1.82, 2.24) is 29.7 Å². The maximum atomic E-state index is 9.62. The molecule has 1 spiro atoms. The number of anilines is 1. The Labute approximate surface area is 213 Å². The highest BCUT2D eigenvalue weighted by molar-refractivity contribution is 6.24. The maximum absolute atomic E-state index is 9.62. The van der Waals surface area contributed by atoms with Gasteiger partial charge >= 0.3 is 0 Å². The minimum atomic E-state index is 0.419. The average molecular weight is 511 g/mol. The summed E-state index contributed by atoms with van der Waals surface area (Å²) in [5, 5.41) is 21.9. The number of fused-ring (bicyclic) bond motifs is 1. The van der Waals surface area contributed by atoms with Crippen LogP contribution in [0.2, 0.25) is 0 Å². The predicted octanol–water partition coefficient (Wildman–Crippen LogP) is 4.17. The number of hydrogen-bond donors (Lipinski definition) is 1. The molecule has 0 bridgehead atoms. The average Bonchev–Trinajstić information content (AvgIpc) is 3.49. The van der Waals surface area contributed by atoms with Gasteiger partial charge < -0.3 is 10.2 Å². The number of aryl methyl sites for hydroxylation is 1. The summed E-state index contributed by atoms with van der Waals surface area (Å²) in [7, 11) is 1.90. The van der Waals surface area contributed by atoms with Gasteiger partial charge in [0, 0.05) is 72.9 Å². The summed E-state index contributed by atoms with van der Waals surface area (Å²) in [6.07, 6.45) is 11.8. The van der Waals surface area contributed by atoms with Gasteiger partial charge in [0.2, 0.25) is 0 Å². The molecule has 6 rings (SSSR count). The Morgan fingerprint density at radius 1 is 1.09 bits per heavy atom. The number of rotatable bonds is 3. The van der Waals surface area contributed by atoms with Crippen LogP contribution in [-0.4, -0.2) is 50.6 Å². The molecule has 6 heterocycles. The zero-order chi connectivity index (χ0) is 24.4. The lowest BCUT2D eigenvalue weighted by Gasteiger charge is -2.53. The number of nitrogens with one attached hydrogen (secondary N) is 1. The summed E-state index contributed by atoms with van der Waals surface area (Å²) < 4.78 is 6.75. The standard InChI is InChI=1S/C24H24N8.Cl2O/c1-30-12-20(11-28-30)18-7-21(23-19(8-25)10-29-32(23)13-18)17-3-4-22(27-9-17)31-15-24(16-31)5-2-6-26-14-24;1-3-2/h3-4,7,9-13,26H,2,5-6,14-16H2,1H3;. The minimum absolute atomic E-state index is 0.419. The van der Waals surface area contributed by atoms with E-state index in [-0.39, 0.29) is 0 Å². The summed E-state index contributed by atoms with van der Waals surface area (Å²) in [6.45, 7) is 4.38. The Balaban J connectivity index is 0.000000806. The molecule has 0 aromatic carbocycles. The van der Waals surface area contributed by atoms with Crippen molar-refractivity contribution in [3.8, 4) is 28.3 Å². The molecule has 0 atom stereocenters. The number of halogens is 2. The van der Waals surface area contributed by atoms with Gasteiger partial charge in [-0.15, -0.1) is 0 Å². The molecule has 9 nitrogen and oxygen atoms in total. The fourth-order valence-corrected chi connectivity index (χ4v) is 5.11. The lowest BCUT2D eigenvalue weighted by Crippen LogP contribution is -2.62. The molecule has 0 amide bonds. The Morgan fingerprint density at radius 3 is 2.54 bits per heavy atom. The first-order valence-corrected chi connectivity index (χ1v) is 11.9. The third-order valence-corrected chi connectivity index (χ3v) is 6.77. The van der Waals surface area contributed by atoms with Gasteiger partial charge in [-0.25, -0.2) is 9.50 Å². The first kappa shape index (κ1) is 23.6. The molecular weight excluding hydrogens is 487 g/mol. The van der Waals surface area contributed by atoms with E-state index in [1.54, 1.807) is 15.4 Å². The second kappa shape index (κ2) is 9.84. The van der Waals surface area contributed by atoms with Crippen LogP contribution in [0.1, 0.15) is 18.4 Å². The Kier molecular flexibility index (Phi) is 6.62. The molecule has 2 fully saturated rings. The highest BCUT2D eigenvalue weighted by Gasteiger charge is 2.43. The third kappa shape index (κ3) is 4.58. The molecule has 4 aromatic heterocycles. The fraction of sp³-hybridized carbons (Fsp3) is 0.333. The van der Waals surface area contributed by atoms with Crippen LogP contribution in [0.5, 0.6) is 0 Å². The molecule has 0 aliphatic carbocycles. The van der Waals surface area contributed by atoms with Gasteiger partial charge in [-0.2, -0.15) is 19.3 Å². The van der Waals surface area contributed by atoms with Crippen LogP contribution < -0.4 is 10.2 Å². The van der Waals surface area contributed by atoms with Crippen molar-refractivity contribution >= 4 is 35.1 Å². The van der Waals surface area contributed by atoms with Gasteiger partial charge in [0.15, 0.2) is 0 Å². The van der Waals surface area contributed by atoms with Crippen molar-refractivity contribution in [2.24, 2.45) is 12.5 Å². The van der Waals surface area contributed by atoms with Crippen molar-refractivity contribution in [2.45, 2.75) is 12.8 Å². The molecule has 0 unspecified atom stereocenters. The Hall–Kier alpha value is -3.16. The molecule has 35 heavy (non-hydrogen) atoms. The van der Waals surface area contributed by atoms with E-state index in [4.69, 9.17) is 4.98 Å². The molecular formula is C24H24Cl2N8O. The van der Waals surface area contributed by atoms with Crippen molar-refractivity contribution in [3.05, 3.63) is 54.7 Å². The van der Waals surface area contributed by atoms with Crippen molar-refractivity contribution in [1.29, 1.82) is 5.26 Å². The monoisotopic (exact) mass is 510 g/mol. The van der Waals surface area contributed by atoms with Crippen LogP contribution in [0.15, 0.2) is 49.2 Å². The van der Waals surface area contributed by atoms with Gasteiger partial charge in [0.1, 0.15) is 11.9 Å². The summed E-state index contributed by atoms with van der Waals surface area (Å²) in [5.41, 5.74) is 5.67. The van der Waals surface area contributed by atoms with Crippen LogP contribution in [0, 0.1) is 16.7 Å². The lowest BCUT2D eigenvalue weighted by molar-refractivity contribution is 0.156. The number of piperidine rings is 1. The molecule has 2 aliphatic heterocycles. The molecule has 11 heteroatoms. The van der Waals surface area contributed by atoms with Crippen molar-refractivity contribution in [2.75, 3.05) is 31.1 Å². The van der Waals surface area contributed by atoms with Crippen LogP contribution in [-0.2, 0) is 10.9 Å². The molecule has 0 saturated carbocycles. The SMILES string of the molecule is ClOCl.Cn1cc(-c2cc(-c3ccc(N4CC5(CCCNC5)C4)nc3)c3c(C#N)cnn3c2)cn1. The second-order valence-electron chi connectivity index (χ2n) is 9.11. The fourth-order valence-electron chi connectivity index (χ4n) is 5.11. The Bertz CT molecular complexity index is 1360. The lowest BCUT2D eigenvalue weighted by atomic mass is 9.74. The molecule has 1 N–H and O–H groups in total. The van der Waals surface area contributed by atoms with E-state index in [1.807, 2.05) is 31.8 Å². The number of nitriles is 1. The zero-order valence-electron chi connectivity index (χ0n) is 19.2. The van der Waals surface area contributed by atoms with E-state index in [9.17, 15) is 5.26 Å². The predicted molar refractivity (Wildman–Crippen MR) is 135 cm³/mol. The smallest absolute Gasteiger partial charge is 0.128 e. The molecule has 2 aliphatic rings. The van der Waals surface area contributed by atoms with Gasteiger partial charge in [-0.1, -0.05) is 0 Å². The Morgan fingerprint density at radius 2 is 1.91 bits per heavy atom. The summed E-state index contributed by atoms with van der Waals surface area (Å²) in [5.74, 6) is 1.01. The highest BCUT2D eigenvalue weighted by atomic mass is 35.6. The minimum Gasteiger partial charge on any atom is -0.355 e. The first-order valence-electron chi connectivity index (χ1n) is 11.3. The van der Waals surface area contributed by atoms with Crippen molar-refractivity contribution < 1.29 is 3.84 Å². The van der Waals surface area contributed by atoms with E-state index >= 15 is 0 Å². The highest BCUT2D eigenvalue weighted by Crippen LogP contribution is 2.39. The largest absolute Gasteiger partial charge is 0.355 e. The van der Waals surface area contributed by atoms with Crippen LogP contribution in [0.25, 0.3) is 27.8 Å². The number of hydrogen-bond acceptors (Lipinski definition) is 7. The maximum Gasteiger partial charge on any atom is 0.128 e. The van der Waals surface area contributed by atoms with Crippen LogP contribution in [0.3, 0.4) is 0 Å². The second-order valence-corrected chi connectivity index (χ2v) is 9.57. The van der Waals surface area contributed by atoms with Crippen LogP contribution >= 0.6 is 23.7 Å². The third-order valence-electron chi connectivity index (χ3n) is 6.77. The van der Waals surface area contributed by atoms with E-state index in [0.717, 1.165) is 59.8 Å². The first-order chi connectivity index (χ1) is 17.1. The van der Waals surface area contributed by atoms with E-state index in [0.29, 0.717) is 11.0 Å². The zero-order valence-corrected chi connectivity index (χ0v) is 20.7. The van der Waals surface area contributed by atoms with Crippen LogP contribution in [0.4, 0.5) is 5.82 Å².